The number of benzene rings is 2. The first-order chi connectivity index (χ1) is 8.16. The second-order valence-electron chi connectivity index (χ2n) is 3.90. The van der Waals surface area contributed by atoms with Crippen LogP contribution in [0.4, 0.5) is 5.69 Å². The van der Waals surface area contributed by atoms with Crippen molar-refractivity contribution in [3.63, 3.8) is 0 Å². The van der Waals surface area contributed by atoms with Gasteiger partial charge in [0.1, 0.15) is 0 Å². The Morgan fingerprint density at radius 3 is 2.65 bits per heavy atom. The van der Waals surface area contributed by atoms with Crippen LogP contribution in [0.1, 0.15) is 11.1 Å². The van der Waals surface area contributed by atoms with Crippen LogP contribution in [-0.2, 0) is 6.54 Å². The number of hydrogen-bond acceptors (Lipinski definition) is 1. The predicted molar refractivity (Wildman–Crippen MR) is 77.7 cm³/mol. The second kappa shape index (κ2) is 5.56. The minimum Gasteiger partial charge on any atom is -0.381 e. The largest absolute Gasteiger partial charge is 0.381 e. The summed E-state index contributed by atoms with van der Waals surface area (Å²) in [5.41, 5.74) is 3.45. The topological polar surface area (TPSA) is 12.0 Å². The van der Waals surface area contributed by atoms with Gasteiger partial charge in [-0.05, 0) is 42.3 Å². The highest BCUT2D eigenvalue weighted by molar-refractivity contribution is 9.10. The molecule has 0 unspecified atom stereocenters. The average Bonchev–Trinajstić information content (AvgIpc) is 2.30. The molecule has 1 nitrogen and oxygen atoms in total. The third-order valence-electron chi connectivity index (χ3n) is 2.62. The molecular weight excluding hydrogens is 298 g/mol. The van der Waals surface area contributed by atoms with Gasteiger partial charge in [0.2, 0.25) is 0 Å². The summed E-state index contributed by atoms with van der Waals surface area (Å²) in [5.74, 6) is 0. The number of hydrogen-bond donors (Lipinski definition) is 1. The van der Waals surface area contributed by atoms with E-state index in [2.05, 4.69) is 40.3 Å². The fourth-order valence-corrected chi connectivity index (χ4v) is 2.34. The predicted octanol–water partition coefficient (Wildman–Crippen LogP) is 5.02. The molecule has 0 atom stereocenters. The molecule has 1 N–H and O–H groups in total. The van der Waals surface area contributed by atoms with Crippen molar-refractivity contribution in [3.8, 4) is 0 Å². The summed E-state index contributed by atoms with van der Waals surface area (Å²) in [5, 5.41) is 4.19. The summed E-state index contributed by atoms with van der Waals surface area (Å²) in [6.07, 6.45) is 0. The van der Waals surface area contributed by atoms with Gasteiger partial charge in [0.15, 0.2) is 0 Å². The maximum Gasteiger partial charge on any atom is 0.0455 e. The van der Waals surface area contributed by atoms with Gasteiger partial charge in [-0.25, -0.2) is 0 Å². The van der Waals surface area contributed by atoms with E-state index in [1.807, 2.05) is 30.3 Å². The Bertz CT molecular complexity index is 525. The third kappa shape index (κ3) is 3.24. The van der Waals surface area contributed by atoms with Crippen molar-refractivity contribution in [2.45, 2.75) is 13.5 Å². The second-order valence-corrected chi connectivity index (χ2v) is 5.23. The molecule has 0 aliphatic heterocycles. The highest BCUT2D eigenvalue weighted by Crippen LogP contribution is 2.22. The Morgan fingerprint density at radius 1 is 1.18 bits per heavy atom. The highest BCUT2D eigenvalue weighted by Gasteiger charge is 2.01. The lowest BCUT2D eigenvalue weighted by Gasteiger charge is -2.10. The Balaban J connectivity index is 2.10. The summed E-state index contributed by atoms with van der Waals surface area (Å²) >= 11 is 9.56. The first kappa shape index (κ1) is 12.5. The van der Waals surface area contributed by atoms with Gasteiger partial charge in [0.25, 0.3) is 0 Å². The van der Waals surface area contributed by atoms with E-state index in [0.717, 1.165) is 27.3 Å². The first-order valence-electron chi connectivity index (χ1n) is 5.40. The molecule has 0 aliphatic carbocycles. The Labute approximate surface area is 115 Å². The third-order valence-corrected chi connectivity index (χ3v) is 3.48. The molecule has 3 heteroatoms. The molecule has 0 saturated carbocycles. The summed E-state index contributed by atoms with van der Waals surface area (Å²) < 4.78 is 1.10. The molecule has 2 aromatic rings. The Morgan fingerprint density at radius 2 is 1.94 bits per heavy atom. The van der Waals surface area contributed by atoms with Crippen LogP contribution in [0.2, 0.25) is 5.02 Å². The molecule has 17 heavy (non-hydrogen) atoms. The number of nitrogens with one attached hydrogen (secondary N) is 1. The van der Waals surface area contributed by atoms with Crippen molar-refractivity contribution in [1.29, 1.82) is 0 Å². The molecule has 0 radical (unpaired) electrons. The molecule has 0 aliphatic rings. The molecule has 2 rings (SSSR count). The van der Waals surface area contributed by atoms with Gasteiger partial charge in [-0.15, -0.1) is 0 Å². The van der Waals surface area contributed by atoms with Gasteiger partial charge < -0.3 is 5.32 Å². The quantitative estimate of drug-likeness (QED) is 0.839. The van der Waals surface area contributed by atoms with Crippen molar-refractivity contribution in [2.75, 3.05) is 5.32 Å². The van der Waals surface area contributed by atoms with Gasteiger partial charge >= 0.3 is 0 Å². The van der Waals surface area contributed by atoms with E-state index >= 15 is 0 Å². The van der Waals surface area contributed by atoms with Gasteiger partial charge in [-0.3, -0.25) is 0 Å². The molecule has 88 valence electrons. The molecule has 0 saturated heterocycles. The van der Waals surface area contributed by atoms with Crippen molar-refractivity contribution in [1.82, 2.24) is 0 Å². The monoisotopic (exact) mass is 309 g/mol. The summed E-state index contributed by atoms with van der Waals surface area (Å²) in [6, 6.07) is 14.1. The van der Waals surface area contributed by atoms with Crippen molar-refractivity contribution in [2.24, 2.45) is 0 Å². The minimum absolute atomic E-state index is 0.738. The lowest BCUT2D eigenvalue weighted by molar-refractivity contribution is 1.14. The van der Waals surface area contributed by atoms with Crippen LogP contribution in [0.3, 0.4) is 0 Å². The van der Waals surface area contributed by atoms with Crippen LogP contribution in [0, 0.1) is 6.92 Å². The van der Waals surface area contributed by atoms with Gasteiger partial charge in [-0.1, -0.05) is 45.7 Å². The van der Waals surface area contributed by atoms with E-state index in [-0.39, 0.29) is 0 Å². The van der Waals surface area contributed by atoms with E-state index in [9.17, 15) is 0 Å². The number of rotatable bonds is 3. The SMILES string of the molecule is Cc1cc(Br)ccc1NCc1ccccc1Cl. The normalized spacial score (nSPS) is 10.3. The zero-order chi connectivity index (χ0) is 12.3. The van der Waals surface area contributed by atoms with E-state index in [0.29, 0.717) is 0 Å². The Hall–Kier alpha value is -0.990. The molecule has 0 aromatic heterocycles. The fraction of sp³-hybridized carbons (Fsp3) is 0.143. The van der Waals surface area contributed by atoms with Gasteiger partial charge in [-0.2, -0.15) is 0 Å². The van der Waals surface area contributed by atoms with Crippen LogP contribution in [0.5, 0.6) is 0 Å². The van der Waals surface area contributed by atoms with Crippen molar-refractivity contribution >= 4 is 33.2 Å². The number of halogens is 2. The first-order valence-corrected chi connectivity index (χ1v) is 6.57. The molecule has 0 heterocycles. The molecular formula is C14H13BrClN. The van der Waals surface area contributed by atoms with Crippen LogP contribution in [0.25, 0.3) is 0 Å². The highest BCUT2D eigenvalue weighted by atomic mass is 79.9. The van der Waals surface area contributed by atoms with Crippen LogP contribution >= 0.6 is 27.5 Å². The molecule has 0 fully saturated rings. The average molecular weight is 311 g/mol. The zero-order valence-electron chi connectivity index (χ0n) is 9.50. The smallest absolute Gasteiger partial charge is 0.0455 e. The van der Waals surface area contributed by atoms with Crippen molar-refractivity contribution < 1.29 is 0 Å². The van der Waals surface area contributed by atoms with E-state index < -0.39 is 0 Å². The van der Waals surface area contributed by atoms with E-state index in [1.165, 1.54) is 5.56 Å². The maximum absolute atomic E-state index is 6.11. The van der Waals surface area contributed by atoms with Crippen LogP contribution in [0.15, 0.2) is 46.9 Å². The molecule has 0 bridgehead atoms. The van der Waals surface area contributed by atoms with Gasteiger partial charge in [0.05, 0.1) is 0 Å². The maximum atomic E-state index is 6.11. The van der Waals surface area contributed by atoms with E-state index in [4.69, 9.17) is 11.6 Å². The fourth-order valence-electron chi connectivity index (χ4n) is 1.66. The zero-order valence-corrected chi connectivity index (χ0v) is 11.8. The van der Waals surface area contributed by atoms with Crippen molar-refractivity contribution in [3.05, 3.63) is 63.1 Å². The summed E-state index contributed by atoms with van der Waals surface area (Å²) in [7, 11) is 0. The van der Waals surface area contributed by atoms with Crippen LogP contribution < -0.4 is 5.32 Å². The number of anilines is 1. The lowest BCUT2D eigenvalue weighted by atomic mass is 10.2. The Kier molecular flexibility index (Phi) is 4.08. The molecule has 0 spiro atoms. The van der Waals surface area contributed by atoms with Gasteiger partial charge in [0, 0.05) is 21.7 Å². The number of aryl methyl sites for hydroxylation is 1. The lowest BCUT2D eigenvalue weighted by Crippen LogP contribution is -2.01. The summed E-state index contributed by atoms with van der Waals surface area (Å²) in [4.78, 5) is 0. The van der Waals surface area contributed by atoms with E-state index in [1.54, 1.807) is 0 Å². The minimum atomic E-state index is 0.738. The summed E-state index contributed by atoms with van der Waals surface area (Å²) in [6.45, 7) is 2.82. The molecule has 2 aromatic carbocycles. The molecule has 0 amide bonds. The van der Waals surface area contributed by atoms with Crippen LogP contribution in [-0.4, -0.2) is 0 Å². The standard InChI is InChI=1S/C14H13BrClN/c1-10-8-12(15)6-7-14(10)17-9-11-4-2-3-5-13(11)16/h2-8,17H,9H2,1H3.